The van der Waals surface area contributed by atoms with E-state index in [1.165, 1.54) is 0 Å². The molecule has 0 aliphatic carbocycles. The minimum atomic E-state index is -1.91. The average molecular weight is 613 g/mol. The highest BCUT2D eigenvalue weighted by Crippen LogP contribution is 2.39. The molecule has 3 aromatic heterocycles. The second-order valence-electron chi connectivity index (χ2n) is 10.9. The monoisotopic (exact) mass is 612 g/mol. The van der Waals surface area contributed by atoms with Crippen LogP contribution in [0, 0.1) is 0 Å². The SMILES string of the molecule is CC[C@@]1(O)C(=O)OCc2c1cc1n(c2=O)Cc2c-1nc1ccccc1c2/C=N/NC(=O)C(N)Cc1c[nH]c2ccccc12.Cl. The number of fused-ring (bicyclic) bond motifs is 6. The Bertz CT molecular complexity index is 2070. The molecule has 0 spiro atoms. The predicted molar refractivity (Wildman–Crippen MR) is 167 cm³/mol. The van der Waals surface area contributed by atoms with Crippen molar-refractivity contribution in [1.82, 2.24) is 20.0 Å². The summed E-state index contributed by atoms with van der Waals surface area (Å²) in [6, 6.07) is 16.1. The minimum Gasteiger partial charge on any atom is -0.458 e. The van der Waals surface area contributed by atoms with Gasteiger partial charge in [-0.05, 0) is 36.6 Å². The van der Waals surface area contributed by atoms with Crippen LogP contribution >= 0.6 is 12.4 Å². The van der Waals surface area contributed by atoms with Crippen LogP contribution < -0.4 is 16.7 Å². The maximum Gasteiger partial charge on any atom is 0.343 e. The molecule has 2 aliphatic rings. The van der Waals surface area contributed by atoms with Gasteiger partial charge in [0.2, 0.25) is 0 Å². The molecule has 0 bridgehead atoms. The first-order valence-corrected chi connectivity index (χ1v) is 14.0. The van der Waals surface area contributed by atoms with Crippen molar-refractivity contribution in [2.24, 2.45) is 10.8 Å². The standard InChI is InChI=1S/C32H28N6O5.ClH/c1-2-32(42)23-12-27-28-21(15-38(27)30(40)22(23)16-43-31(32)41)20(19-8-4-6-10-26(19)36-28)14-35-37-29(39)24(33)11-17-13-34-25-9-5-3-7-18(17)25;/h3-10,12-14,24,34,42H,2,11,15-16,33H2,1H3,(H,37,39);1H/b35-14+;/t24?,32-;/m0./s1. The number of hydrazone groups is 1. The van der Waals surface area contributed by atoms with Crippen molar-refractivity contribution in [1.29, 1.82) is 0 Å². The number of carbonyl (C=O) groups excluding carboxylic acids is 2. The number of esters is 1. The number of aliphatic hydroxyl groups is 1. The highest BCUT2D eigenvalue weighted by atomic mass is 35.5. The highest BCUT2D eigenvalue weighted by Gasteiger charge is 2.45. The van der Waals surface area contributed by atoms with E-state index < -0.39 is 23.5 Å². The number of cyclic esters (lactones) is 1. The summed E-state index contributed by atoms with van der Waals surface area (Å²) in [6.07, 6.45) is 3.79. The van der Waals surface area contributed by atoms with Crippen molar-refractivity contribution < 1.29 is 19.4 Å². The summed E-state index contributed by atoms with van der Waals surface area (Å²) in [5.74, 6) is -1.21. The molecule has 2 aliphatic heterocycles. The number of carbonyl (C=O) groups is 2. The second kappa shape index (κ2) is 11.0. The third-order valence-electron chi connectivity index (χ3n) is 8.46. The van der Waals surface area contributed by atoms with Gasteiger partial charge in [0.25, 0.3) is 11.5 Å². The number of hydrogen-bond donors (Lipinski definition) is 4. The summed E-state index contributed by atoms with van der Waals surface area (Å²) in [6.45, 7) is 1.65. The molecule has 0 radical (unpaired) electrons. The zero-order valence-corrected chi connectivity index (χ0v) is 24.5. The number of H-pyrrole nitrogens is 1. The van der Waals surface area contributed by atoms with Crippen LogP contribution in [0.1, 0.15) is 41.2 Å². The number of halogens is 1. The molecule has 224 valence electrons. The molecule has 2 atom stereocenters. The van der Waals surface area contributed by atoms with Crippen molar-refractivity contribution in [2.75, 3.05) is 0 Å². The molecule has 5 heterocycles. The van der Waals surface area contributed by atoms with Gasteiger partial charge in [0, 0.05) is 39.2 Å². The summed E-state index contributed by atoms with van der Waals surface area (Å²) in [4.78, 5) is 47.0. The van der Waals surface area contributed by atoms with E-state index in [9.17, 15) is 19.5 Å². The zero-order chi connectivity index (χ0) is 29.9. The van der Waals surface area contributed by atoms with Crippen LogP contribution in [0.3, 0.4) is 0 Å². The van der Waals surface area contributed by atoms with Gasteiger partial charge in [0.1, 0.15) is 6.61 Å². The molecule has 5 N–H and O–H groups in total. The Morgan fingerprint density at radius 2 is 1.95 bits per heavy atom. The van der Waals surface area contributed by atoms with E-state index in [-0.39, 0.29) is 48.7 Å². The van der Waals surface area contributed by atoms with Crippen molar-refractivity contribution in [2.45, 2.75) is 44.6 Å². The lowest BCUT2D eigenvalue weighted by Gasteiger charge is -2.31. The molecule has 1 amide bonds. The lowest BCUT2D eigenvalue weighted by atomic mass is 9.86. The van der Waals surface area contributed by atoms with Gasteiger partial charge in [-0.15, -0.1) is 12.4 Å². The Labute approximate surface area is 257 Å². The van der Waals surface area contributed by atoms with Gasteiger partial charge >= 0.3 is 5.97 Å². The van der Waals surface area contributed by atoms with Crippen molar-refractivity contribution in [3.8, 4) is 11.4 Å². The van der Waals surface area contributed by atoms with Gasteiger partial charge in [-0.3, -0.25) is 9.59 Å². The fourth-order valence-electron chi connectivity index (χ4n) is 6.08. The number of para-hydroxylation sites is 2. The van der Waals surface area contributed by atoms with E-state index in [1.807, 2.05) is 54.7 Å². The maximum absolute atomic E-state index is 13.6. The van der Waals surface area contributed by atoms with Crippen LogP contribution in [0.15, 0.2) is 70.7 Å². The quantitative estimate of drug-likeness (QED) is 0.127. The van der Waals surface area contributed by atoms with Crippen LogP contribution in [0.25, 0.3) is 33.2 Å². The third-order valence-corrected chi connectivity index (χ3v) is 8.46. The Kier molecular flexibility index (Phi) is 7.32. The number of nitrogens with zero attached hydrogens (tertiary/aromatic N) is 3. The second-order valence-corrected chi connectivity index (χ2v) is 10.9. The van der Waals surface area contributed by atoms with Gasteiger partial charge in [-0.2, -0.15) is 5.10 Å². The van der Waals surface area contributed by atoms with Crippen molar-refractivity contribution in [3.63, 3.8) is 0 Å². The Morgan fingerprint density at radius 1 is 1.20 bits per heavy atom. The largest absolute Gasteiger partial charge is 0.458 e. The summed E-state index contributed by atoms with van der Waals surface area (Å²) < 4.78 is 6.74. The Morgan fingerprint density at radius 3 is 2.75 bits per heavy atom. The summed E-state index contributed by atoms with van der Waals surface area (Å²) >= 11 is 0. The lowest BCUT2D eigenvalue weighted by Crippen LogP contribution is -2.44. The van der Waals surface area contributed by atoms with E-state index in [0.29, 0.717) is 28.9 Å². The molecule has 0 fully saturated rings. The minimum absolute atomic E-state index is 0. The molecule has 11 nitrogen and oxygen atoms in total. The van der Waals surface area contributed by atoms with Gasteiger partial charge in [0.05, 0.1) is 41.3 Å². The summed E-state index contributed by atoms with van der Waals surface area (Å²) in [5, 5.41) is 17.2. The van der Waals surface area contributed by atoms with Crippen molar-refractivity contribution >= 4 is 52.3 Å². The number of aromatic amines is 1. The van der Waals surface area contributed by atoms with Gasteiger partial charge in [0.15, 0.2) is 5.60 Å². The summed E-state index contributed by atoms with van der Waals surface area (Å²) in [7, 11) is 0. The molecule has 0 saturated heterocycles. The number of nitrogens with one attached hydrogen (secondary N) is 2. The first kappa shape index (κ1) is 29.2. The number of benzene rings is 2. The van der Waals surface area contributed by atoms with E-state index >= 15 is 0 Å². The number of hydrogen-bond acceptors (Lipinski definition) is 8. The molecular formula is C32H29ClN6O5. The van der Waals surface area contributed by atoms with E-state index in [1.54, 1.807) is 23.8 Å². The number of amides is 1. The maximum atomic E-state index is 13.6. The van der Waals surface area contributed by atoms with E-state index in [0.717, 1.165) is 27.4 Å². The smallest absolute Gasteiger partial charge is 0.343 e. The molecule has 7 rings (SSSR count). The fourth-order valence-corrected chi connectivity index (χ4v) is 6.08. The lowest BCUT2D eigenvalue weighted by molar-refractivity contribution is -0.172. The van der Waals surface area contributed by atoms with Gasteiger partial charge in [-0.25, -0.2) is 15.2 Å². The molecular weight excluding hydrogens is 584 g/mol. The molecule has 0 saturated carbocycles. The van der Waals surface area contributed by atoms with E-state index in [2.05, 4.69) is 15.5 Å². The Hall–Kier alpha value is -4.84. The summed E-state index contributed by atoms with van der Waals surface area (Å²) in [5.41, 5.74) is 12.0. The zero-order valence-electron chi connectivity index (χ0n) is 23.7. The number of pyridine rings is 2. The van der Waals surface area contributed by atoms with Crippen molar-refractivity contribution in [3.05, 3.63) is 99.0 Å². The third kappa shape index (κ3) is 4.48. The topological polar surface area (TPSA) is 165 Å². The van der Waals surface area contributed by atoms with Gasteiger partial charge in [-0.1, -0.05) is 43.3 Å². The van der Waals surface area contributed by atoms with E-state index in [4.69, 9.17) is 15.5 Å². The molecule has 1 unspecified atom stereocenters. The predicted octanol–water partition coefficient (Wildman–Crippen LogP) is 3.00. The van der Waals surface area contributed by atoms with Crippen LogP contribution in [0.5, 0.6) is 0 Å². The number of ether oxygens (including phenoxy) is 1. The van der Waals surface area contributed by atoms with Crippen LogP contribution in [0.4, 0.5) is 0 Å². The van der Waals surface area contributed by atoms with Gasteiger partial charge < -0.3 is 25.1 Å². The fraction of sp³-hybridized carbons (Fsp3) is 0.219. The molecule has 2 aromatic carbocycles. The van der Waals surface area contributed by atoms with Crippen LogP contribution in [0.2, 0.25) is 0 Å². The van der Waals surface area contributed by atoms with Crippen LogP contribution in [-0.2, 0) is 39.5 Å². The first-order valence-electron chi connectivity index (χ1n) is 14.0. The first-order chi connectivity index (χ1) is 20.8. The normalized spacial score (nSPS) is 17.6. The molecule has 44 heavy (non-hydrogen) atoms. The molecule has 5 aromatic rings. The van der Waals surface area contributed by atoms with Crippen LogP contribution in [-0.4, -0.2) is 43.8 Å². The highest BCUT2D eigenvalue weighted by molar-refractivity contribution is 6.02. The number of rotatable bonds is 6. The Balaban J connectivity index is 0.00000343. The average Bonchev–Trinajstić information content (AvgIpc) is 3.60. The number of nitrogens with two attached hydrogens (primary N) is 1. The molecule has 12 heteroatoms. The number of aromatic nitrogens is 3.